The summed E-state index contributed by atoms with van der Waals surface area (Å²) in [7, 11) is 1.61. The van der Waals surface area contributed by atoms with Crippen LogP contribution in [0.3, 0.4) is 0 Å². The van der Waals surface area contributed by atoms with Crippen molar-refractivity contribution in [1.29, 1.82) is 0 Å². The predicted molar refractivity (Wildman–Crippen MR) is 150 cm³/mol. The molecule has 6 nitrogen and oxygen atoms in total. The van der Waals surface area contributed by atoms with Crippen LogP contribution in [-0.4, -0.2) is 34.7 Å². The van der Waals surface area contributed by atoms with Gasteiger partial charge in [-0.1, -0.05) is 53.5 Å². The first-order chi connectivity index (χ1) is 17.7. The van der Waals surface area contributed by atoms with E-state index in [9.17, 15) is 4.55 Å². The van der Waals surface area contributed by atoms with Crippen molar-refractivity contribution < 1.29 is 9.29 Å². The molecule has 3 heterocycles. The number of ether oxygens (including phenoxy) is 1. The number of benzene rings is 2. The highest BCUT2D eigenvalue weighted by molar-refractivity contribution is 7.90. The second kappa shape index (κ2) is 9.02. The van der Waals surface area contributed by atoms with Gasteiger partial charge in [0.25, 0.3) is 0 Å². The average Bonchev–Trinajstić information content (AvgIpc) is 3.17. The van der Waals surface area contributed by atoms with E-state index in [0.717, 1.165) is 49.2 Å². The Morgan fingerprint density at radius 2 is 1.84 bits per heavy atom. The van der Waals surface area contributed by atoms with E-state index in [0.29, 0.717) is 21.9 Å². The Labute approximate surface area is 231 Å². The number of rotatable bonds is 3. The molecule has 0 unspecified atom stereocenters. The monoisotopic (exact) mass is 556 g/mol. The smallest absolute Gasteiger partial charge is 0.228 e. The van der Waals surface area contributed by atoms with Crippen LogP contribution in [0, 0.1) is 12.3 Å². The molecule has 2 aliphatic heterocycles. The van der Waals surface area contributed by atoms with Crippen molar-refractivity contribution in [2.24, 2.45) is 5.41 Å². The molecule has 1 N–H and O–H groups in total. The van der Waals surface area contributed by atoms with Crippen molar-refractivity contribution in [1.82, 2.24) is 14.7 Å². The van der Waals surface area contributed by atoms with Gasteiger partial charge in [0.2, 0.25) is 11.8 Å². The van der Waals surface area contributed by atoms with Gasteiger partial charge in [-0.05, 0) is 57.2 Å². The summed E-state index contributed by atoms with van der Waals surface area (Å²) in [5.74, 6) is 1.14. The van der Waals surface area contributed by atoms with Gasteiger partial charge in [-0.2, -0.15) is 4.98 Å². The summed E-state index contributed by atoms with van der Waals surface area (Å²) in [5.41, 5.74) is 6.33. The molecule has 3 aromatic rings. The molecule has 1 aromatic heterocycles. The van der Waals surface area contributed by atoms with Crippen LogP contribution in [-0.2, 0) is 22.5 Å². The largest absolute Gasteiger partial charge is 0.597 e. The zero-order valence-corrected chi connectivity index (χ0v) is 23.7. The van der Waals surface area contributed by atoms with Crippen molar-refractivity contribution in [2.45, 2.75) is 50.8 Å². The quantitative estimate of drug-likeness (QED) is 0.390. The average molecular weight is 558 g/mol. The summed E-state index contributed by atoms with van der Waals surface area (Å²) in [6, 6.07) is 12.2. The number of fused-ring (bicyclic) bond motifs is 1. The van der Waals surface area contributed by atoms with Crippen molar-refractivity contribution >= 4 is 40.5 Å². The third-order valence-electron chi connectivity index (χ3n) is 8.48. The van der Waals surface area contributed by atoms with E-state index in [2.05, 4.69) is 41.7 Å². The molecule has 37 heavy (non-hydrogen) atoms. The summed E-state index contributed by atoms with van der Waals surface area (Å²) in [4.78, 5) is 11.9. The highest BCUT2D eigenvalue weighted by Gasteiger charge is 2.56. The first-order valence-corrected chi connectivity index (χ1v) is 14.5. The van der Waals surface area contributed by atoms with E-state index in [4.69, 9.17) is 37.9 Å². The zero-order valence-electron chi connectivity index (χ0n) is 21.4. The molecule has 2 aromatic carbocycles. The van der Waals surface area contributed by atoms with Crippen molar-refractivity contribution in [3.8, 4) is 17.0 Å². The number of aromatic nitrogens is 2. The minimum Gasteiger partial charge on any atom is -0.597 e. The molecule has 194 valence electrons. The van der Waals surface area contributed by atoms with Gasteiger partial charge in [0.15, 0.2) is 4.75 Å². The molecule has 3 aliphatic rings. The number of piperidine rings is 1. The van der Waals surface area contributed by atoms with Crippen molar-refractivity contribution in [3.63, 3.8) is 0 Å². The summed E-state index contributed by atoms with van der Waals surface area (Å²) >= 11 is 11.7. The number of nitrogens with one attached hydrogen (secondary N) is 1. The van der Waals surface area contributed by atoms with Crippen LogP contribution in [0.15, 0.2) is 36.4 Å². The first-order valence-electron chi connectivity index (χ1n) is 12.6. The van der Waals surface area contributed by atoms with Gasteiger partial charge in [-0.25, -0.2) is 4.98 Å². The van der Waals surface area contributed by atoms with Crippen LogP contribution in [0.1, 0.15) is 55.1 Å². The number of hydrogen-bond donors (Lipinski definition) is 1. The normalized spacial score (nSPS) is 23.3. The molecule has 0 bridgehead atoms. The number of hydrogen-bond acceptors (Lipinski definition) is 6. The fourth-order valence-corrected chi connectivity index (χ4v) is 8.05. The molecule has 1 fully saturated rings. The highest BCUT2D eigenvalue weighted by atomic mass is 35.5. The minimum absolute atomic E-state index is 0.0362. The maximum Gasteiger partial charge on any atom is 0.228 e. The Hall–Kier alpha value is -2.03. The lowest BCUT2D eigenvalue weighted by atomic mass is 9.72. The Kier molecular flexibility index (Phi) is 6.16. The standard InChI is InChI=1S/C28H30Cl2N4O2S/c1-16-21(18-8-6-10-20(29)23(18)30)25(36-4)32-26(31-16)34-13-11-28(12-14-34)15-17-7-5-9-19-22(17)24(28)33-37(35)27(19,2)3/h5-10,24,33H,11-15H2,1-4H3/t24-,37-/m1/s1. The van der Waals surface area contributed by atoms with Crippen LogP contribution in [0.4, 0.5) is 5.95 Å². The van der Waals surface area contributed by atoms with E-state index in [1.807, 2.05) is 19.1 Å². The molecule has 0 amide bonds. The Balaban J connectivity index is 1.29. The molecule has 1 saturated heterocycles. The molecule has 0 saturated carbocycles. The second-order valence-electron chi connectivity index (χ2n) is 10.8. The van der Waals surface area contributed by atoms with E-state index in [1.54, 1.807) is 13.2 Å². The molecule has 1 spiro atoms. The third kappa shape index (κ3) is 3.85. The van der Waals surface area contributed by atoms with Crippen LogP contribution in [0.2, 0.25) is 10.0 Å². The lowest BCUT2D eigenvalue weighted by molar-refractivity contribution is 0.172. The van der Waals surface area contributed by atoms with Crippen LogP contribution < -0.4 is 14.4 Å². The molecule has 6 rings (SSSR count). The van der Waals surface area contributed by atoms with E-state index in [-0.39, 0.29) is 11.5 Å². The van der Waals surface area contributed by atoms with Gasteiger partial charge in [-0.15, -0.1) is 4.72 Å². The lowest BCUT2D eigenvalue weighted by Crippen LogP contribution is -2.53. The molecule has 9 heteroatoms. The maximum absolute atomic E-state index is 13.2. The number of anilines is 1. The molecule has 0 radical (unpaired) electrons. The number of nitrogens with zero attached hydrogens (tertiary/aromatic N) is 3. The lowest BCUT2D eigenvalue weighted by Gasteiger charge is -2.46. The Bertz CT molecular complexity index is 1390. The summed E-state index contributed by atoms with van der Waals surface area (Å²) in [6.07, 6.45) is 2.93. The maximum atomic E-state index is 13.2. The molecular weight excluding hydrogens is 527 g/mol. The first kappa shape index (κ1) is 25.3. The van der Waals surface area contributed by atoms with Gasteiger partial charge in [0.05, 0.1) is 34.5 Å². The van der Waals surface area contributed by atoms with Gasteiger partial charge < -0.3 is 14.2 Å². The summed E-state index contributed by atoms with van der Waals surface area (Å²) in [5, 5.41) is 0.940. The summed E-state index contributed by atoms with van der Waals surface area (Å²) in [6.45, 7) is 7.73. The van der Waals surface area contributed by atoms with Crippen LogP contribution in [0.5, 0.6) is 5.88 Å². The van der Waals surface area contributed by atoms with Gasteiger partial charge in [0, 0.05) is 41.0 Å². The highest BCUT2D eigenvalue weighted by Crippen LogP contribution is 2.57. The fourth-order valence-electron chi connectivity index (χ4n) is 6.40. The van der Waals surface area contributed by atoms with E-state index < -0.39 is 16.1 Å². The summed E-state index contributed by atoms with van der Waals surface area (Å²) < 4.78 is 22.1. The zero-order chi connectivity index (χ0) is 26.1. The molecule has 1 aliphatic carbocycles. The van der Waals surface area contributed by atoms with Crippen LogP contribution >= 0.6 is 23.2 Å². The van der Waals surface area contributed by atoms with Gasteiger partial charge >= 0.3 is 0 Å². The number of methoxy groups -OCH3 is 1. The molecular formula is C28H30Cl2N4O2S. The fraction of sp³-hybridized carbons (Fsp3) is 0.429. The van der Waals surface area contributed by atoms with Crippen LogP contribution in [0.25, 0.3) is 11.1 Å². The number of halogens is 2. The molecule has 2 atom stereocenters. The van der Waals surface area contributed by atoms with Crippen molar-refractivity contribution in [3.05, 3.63) is 68.8 Å². The third-order valence-corrected chi connectivity index (χ3v) is 10.9. The Morgan fingerprint density at radius 3 is 2.57 bits per heavy atom. The predicted octanol–water partition coefficient (Wildman–Crippen LogP) is 6.15. The van der Waals surface area contributed by atoms with E-state index >= 15 is 0 Å². The second-order valence-corrected chi connectivity index (χ2v) is 13.4. The van der Waals surface area contributed by atoms with Gasteiger partial charge in [0.1, 0.15) is 0 Å². The minimum atomic E-state index is -1.14. The Morgan fingerprint density at radius 1 is 1.11 bits per heavy atom. The SMILES string of the molecule is COc1nc(N2CCC3(CC2)Cc2cccc4c2[C@H]3N[S@+]([O-])C4(C)C)nc(C)c1-c1cccc(Cl)c1Cl. The van der Waals surface area contributed by atoms with Crippen molar-refractivity contribution in [2.75, 3.05) is 25.1 Å². The topological polar surface area (TPSA) is 73.3 Å². The number of aryl methyl sites for hydroxylation is 1. The van der Waals surface area contributed by atoms with Gasteiger partial charge in [-0.3, -0.25) is 0 Å². The van der Waals surface area contributed by atoms with E-state index in [1.165, 1.54) is 16.7 Å².